The van der Waals surface area contributed by atoms with E-state index < -0.39 is 0 Å². The normalized spacial score (nSPS) is 12.5. The number of hydrogen-bond donors (Lipinski definition) is 1. The van der Waals surface area contributed by atoms with Gasteiger partial charge >= 0.3 is 0 Å². The molecule has 1 aromatic carbocycles. The average Bonchev–Trinajstić information content (AvgIpc) is 2.31. The lowest BCUT2D eigenvalue weighted by Crippen LogP contribution is -2.34. The zero-order valence-electron chi connectivity index (χ0n) is 10.6. The Kier molecular flexibility index (Phi) is 7.16. The van der Waals surface area contributed by atoms with Crippen molar-refractivity contribution in [1.82, 2.24) is 5.32 Å². The van der Waals surface area contributed by atoms with E-state index in [9.17, 15) is 0 Å². The summed E-state index contributed by atoms with van der Waals surface area (Å²) in [6, 6.07) is 3.56. The molecule has 0 heterocycles. The molecule has 0 fully saturated rings. The Morgan fingerprint density at radius 2 is 1.78 bits per heavy atom. The van der Waals surface area contributed by atoms with E-state index in [-0.39, 0.29) is 0 Å². The third-order valence-electron chi connectivity index (χ3n) is 2.57. The second-order valence-electron chi connectivity index (χ2n) is 4.07. The second-order valence-corrected chi connectivity index (χ2v) is 5.32. The summed E-state index contributed by atoms with van der Waals surface area (Å²) in [6.45, 7) is 5.76. The monoisotopic (exact) mass is 309 g/mol. The minimum Gasteiger partial charge on any atom is -0.489 e. The molecule has 0 radical (unpaired) electrons. The molecule has 0 bridgehead atoms. The van der Waals surface area contributed by atoms with E-state index in [0.717, 1.165) is 19.4 Å². The Hall–Kier alpha value is -0.150. The zero-order chi connectivity index (χ0) is 13.5. The van der Waals surface area contributed by atoms with Crippen LogP contribution in [0.5, 0.6) is 5.75 Å². The fourth-order valence-electron chi connectivity index (χ4n) is 1.52. The highest BCUT2D eigenvalue weighted by molar-refractivity contribution is 6.40. The van der Waals surface area contributed by atoms with Gasteiger partial charge in [0.25, 0.3) is 0 Å². The minimum absolute atomic E-state index is 0.299. The second kappa shape index (κ2) is 8.11. The molecule has 0 amide bonds. The fraction of sp³-hybridized carbons (Fsp3) is 0.538. The summed E-state index contributed by atoms with van der Waals surface area (Å²) < 4.78 is 5.69. The number of nitrogens with one attached hydrogen (secondary N) is 1. The maximum Gasteiger partial charge on any atom is 0.156 e. The van der Waals surface area contributed by atoms with Gasteiger partial charge in [0, 0.05) is 11.1 Å². The number of hydrogen-bond acceptors (Lipinski definition) is 2. The van der Waals surface area contributed by atoms with Crippen LogP contribution in [0.4, 0.5) is 0 Å². The van der Waals surface area contributed by atoms with Crippen molar-refractivity contribution in [3.05, 3.63) is 27.2 Å². The first-order valence-corrected chi connectivity index (χ1v) is 7.22. The van der Waals surface area contributed by atoms with Crippen LogP contribution in [-0.4, -0.2) is 19.2 Å². The first kappa shape index (κ1) is 15.9. The molecule has 0 saturated heterocycles. The molecule has 0 aromatic heterocycles. The quantitative estimate of drug-likeness (QED) is 0.781. The Balaban J connectivity index is 2.62. The average molecular weight is 311 g/mol. The summed E-state index contributed by atoms with van der Waals surface area (Å²) in [6.07, 6.45) is 2.09. The highest BCUT2D eigenvalue weighted by Crippen LogP contribution is 2.35. The van der Waals surface area contributed by atoms with Crippen LogP contribution in [-0.2, 0) is 0 Å². The molecule has 2 nitrogen and oxygen atoms in total. The number of ether oxygens (including phenoxy) is 1. The van der Waals surface area contributed by atoms with Gasteiger partial charge in [-0.1, -0.05) is 48.7 Å². The van der Waals surface area contributed by atoms with E-state index in [1.165, 1.54) is 0 Å². The number of rotatable bonds is 7. The topological polar surface area (TPSA) is 21.3 Å². The molecule has 1 N–H and O–H groups in total. The Morgan fingerprint density at radius 1 is 1.17 bits per heavy atom. The first-order chi connectivity index (χ1) is 8.58. The van der Waals surface area contributed by atoms with E-state index in [0.29, 0.717) is 33.5 Å². The Morgan fingerprint density at radius 3 is 2.28 bits per heavy atom. The molecule has 1 rings (SSSR count). The van der Waals surface area contributed by atoms with Gasteiger partial charge in [-0.3, -0.25) is 0 Å². The van der Waals surface area contributed by atoms with Crippen LogP contribution in [0, 0.1) is 0 Å². The predicted molar refractivity (Wildman–Crippen MR) is 79.3 cm³/mol. The van der Waals surface area contributed by atoms with Crippen LogP contribution in [0.3, 0.4) is 0 Å². The lowest BCUT2D eigenvalue weighted by Gasteiger charge is -2.18. The Labute approximate surface area is 124 Å². The number of benzene rings is 1. The van der Waals surface area contributed by atoms with Crippen molar-refractivity contribution in [2.24, 2.45) is 0 Å². The smallest absolute Gasteiger partial charge is 0.156 e. The van der Waals surface area contributed by atoms with E-state index in [1.54, 1.807) is 12.1 Å². The fourth-order valence-corrected chi connectivity index (χ4v) is 2.45. The molecule has 5 heteroatoms. The summed E-state index contributed by atoms with van der Waals surface area (Å²) in [7, 11) is 0. The summed E-state index contributed by atoms with van der Waals surface area (Å²) in [5.41, 5.74) is 0. The molecule has 0 aliphatic heterocycles. The number of halogens is 3. The van der Waals surface area contributed by atoms with Crippen molar-refractivity contribution in [2.45, 2.75) is 32.7 Å². The summed E-state index contributed by atoms with van der Waals surface area (Å²) in [4.78, 5) is 0. The van der Waals surface area contributed by atoms with Crippen LogP contribution < -0.4 is 10.1 Å². The van der Waals surface area contributed by atoms with Crippen molar-refractivity contribution < 1.29 is 4.74 Å². The molecule has 1 aromatic rings. The van der Waals surface area contributed by atoms with Crippen molar-refractivity contribution in [2.75, 3.05) is 13.2 Å². The van der Waals surface area contributed by atoms with Crippen molar-refractivity contribution in [3.8, 4) is 5.75 Å². The van der Waals surface area contributed by atoms with Crippen LogP contribution in [0.25, 0.3) is 0 Å². The third-order valence-corrected chi connectivity index (χ3v) is 3.35. The van der Waals surface area contributed by atoms with E-state index in [2.05, 4.69) is 19.2 Å². The van der Waals surface area contributed by atoms with Gasteiger partial charge in [0.15, 0.2) is 5.75 Å². The molecular formula is C13H18Cl3NO. The maximum absolute atomic E-state index is 6.05. The summed E-state index contributed by atoms with van der Waals surface area (Å²) >= 11 is 17.9. The lowest BCUT2D eigenvalue weighted by atomic mass is 10.2. The van der Waals surface area contributed by atoms with Gasteiger partial charge in [0.2, 0.25) is 0 Å². The highest BCUT2D eigenvalue weighted by Gasteiger charge is 2.12. The molecule has 1 atom stereocenters. The van der Waals surface area contributed by atoms with E-state index >= 15 is 0 Å². The molecule has 0 spiro atoms. The van der Waals surface area contributed by atoms with Gasteiger partial charge in [-0.15, -0.1) is 0 Å². The van der Waals surface area contributed by atoms with Gasteiger partial charge < -0.3 is 10.1 Å². The van der Waals surface area contributed by atoms with Crippen molar-refractivity contribution in [1.29, 1.82) is 0 Å². The molecule has 0 aliphatic rings. The molecule has 1 unspecified atom stereocenters. The van der Waals surface area contributed by atoms with Gasteiger partial charge in [0.1, 0.15) is 6.61 Å². The SMILES string of the molecule is CCCNC(CC)COc1c(Cl)cc(Cl)cc1Cl. The summed E-state index contributed by atoms with van der Waals surface area (Å²) in [5, 5.41) is 4.80. The van der Waals surface area contributed by atoms with Crippen LogP contribution in [0.1, 0.15) is 26.7 Å². The third kappa shape index (κ3) is 4.85. The van der Waals surface area contributed by atoms with E-state index in [4.69, 9.17) is 39.5 Å². The predicted octanol–water partition coefficient (Wildman–Crippen LogP) is 4.80. The van der Waals surface area contributed by atoms with Crippen LogP contribution in [0.2, 0.25) is 15.1 Å². The zero-order valence-corrected chi connectivity index (χ0v) is 12.9. The van der Waals surface area contributed by atoms with Crippen molar-refractivity contribution >= 4 is 34.8 Å². The van der Waals surface area contributed by atoms with Crippen molar-refractivity contribution in [3.63, 3.8) is 0 Å². The molecule has 102 valence electrons. The summed E-state index contributed by atoms with van der Waals surface area (Å²) in [5.74, 6) is 0.500. The maximum atomic E-state index is 6.05. The Bertz CT molecular complexity index is 361. The largest absolute Gasteiger partial charge is 0.489 e. The van der Waals surface area contributed by atoms with Gasteiger partial charge in [-0.2, -0.15) is 0 Å². The van der Waals surface area contributed by atoms with Gasteiger partial charge in [-0.05, 0) is 31.5 Å². The van der Waals surface area contributed by atoms with E-state index in [1.807, 2.05) is 0 Å². The van der Waals surface area contributed by atoms with Crippen LogP contribution in [0.15, 0.2) is 12.1 Å². The molecular weight excluding hydrogens is 293 g/mol. The van der Waals surface area contributed by atoms with Gasteiger partial charge in [0.05, 0.1) is 10.0 Å². The lowest BCUT2D eigenvalue weighted by molar-refractivity contribution is 0.261. The molecule has 0 aliphatic carbocycles. The molecule has 0 saturated carbocycles. The first-order valence-electron chi connectivity index (χ1n) is 6.09. The molecule has 18 heavy (non-hydrogen) atoms. The standard InChI is InChI=1S/C13H18Cl3NO/c1-3-5-17-10(4-2)8-18-13-11(15)6-9(14)7-12(13)16/h6-7,10,17H,3-5,8H2,1-2H3. The van der Waals surface area contributed by atoms with Gasteiger partial charge in [-0.25, -0.2) is 0 Å². The van der Waals surface area contributed by atoms with Crippen LogP contribution >= 0.6 is 34.8 Å². The highest BCUT2D eigenvalue weighted by atomic mass is 35.5. The minimum atomic E-state index is 0.299.